The first-order valence-electron chi connectivity index (χ1n) is 9.54. The van der Waals surface area contributed by atoms with Gasteiger partial charge in [-0.3, -0.25) is 0 Å². The quantitative estimate of drug-likeness (QED) is 0.594. The second-order valence-electron chi connectivity index (χ2n) is 4.30. The van der Waals surface area contributed by atoms with Gasteiger partial charge in [0.15, 0.2) is 0 Å². The fourth-order valence-electron chi connectivity index (χ4n) is 1.50. The largest absolute Gasteiger partial charge is 0.400 e. The predicted molar refractivity (Wildman–Crippen MR) is 109 cm³/mol. The molecule has 0 bridgehead atoms. The lowest BCUT2D eigenvalue weighted by Crippen LogP contribution is -2.13. The van der Waals surface area contributed by atoms with Gasteiger partial charge in [0.05, 0.1) is 0 Å². The van der Waals surface area contributed by atoms with Gasteiger partial charge in [0.2, 0.25) is 0 Å². The number of hydrogen-bond donors (Lipinski definition) is 2. The molecular formula is C21H45NO. The molecule has 0 radical (unpaired) electrons. The fourth-order valence-corrected chi connectivity index (χ4v) is 1.50. The van der Waals surface area contributed by atoms with Gasteiger partial charge in [-0.25, -0.2) is 0 Å². The number of aliphatic hydroxyl groups excluding tert-OH is 1. The average molecular weight is 328 g/mol. The van der Waals surface area contributed by atoms with E-state index in [4.69, 9.17) is 5.11 Å². The van der Waals surface area contributed by atoms with E-state index in [9.17, 15) is 0 Å². The lowest BCUT2D eigenvalue weighted by Gasteiger charge is -1.96. The molecular weight excluding hydrogens is 282 g/mol. The summed E-state index contributed by atoms with van der Waals surface area (Å²) in [6.07, 6.45) is 6.44. The van der Waals surface area contributed by atoms with Crippen LogP contribution in [0.15, 0.2) is 30.3 Å². The second-order valence-corrected chi connectivity index (χ2v) is 4.30. The topological polar surface area (TPSA) is 32.3 Å². The van der Waals surface area contributed by atoms with Gasteiger partial charge < -0.3 is 10.4 Å². The molecule has 0 amide bonds. The molecule has 0 saturated heterocycles. The molecule has 2 nitrogen and oxygen atoms in total. The van der Waals surface area contributed by atoms with Crippen molar-refractivity contribution in [2.75, 3.05) is 20.2 Å². The molecule has 0 saturated carbocycles. The minimum Gasteiger partial charge on any atom is -0.400 e. The number of nitrogens with one attached hydrogen (secondary N) is 1. The Morgan fingerprint density at radius 2 is 1.26 bits per heavy atom. The number of unbranched alkanes of at least 4 members (excludes halogenated alkanes) is 2. The SMILES string of the molecule is CC.CC.CCCCNCC.CCCCc1ccccc1.CO. The minimum absolute atomic E-state index is 1.00. The Balaban J connectivity index is -0.000000122. The van der Waals surface area contributed by atoms with Gasteiger partial charge in [-0.15, -0.1) is 0 Å². The lowest BCUT2D eigenvalue weighted by atomic mass is 10.1. The Morgan fingerprint density at radius 1 is 0.783 bits per heavy atom. The maximum atomic E-state index is 7.00. The van der Waals surface area contributed by atoms with E-state index in [0.717, 1.165) is 13.7 Å². The van der Waals surface area contributed by atoms with E-state index in [2.05, 4.69) is 56.4 Å². The number of aryl methyl sites for hydroxylation is 1. The van der Waals surface area contributed by atoms with Crippen LogP contribution >= 0.6 is 0 Å². The van der Waals surface area contributed by atoms with E-state index in [1.807, 2.05) is 27.7 Å². The van der Waals surface area contributed by atoms with Gasteiger partial charge in [0, 0.05) is 7.11 Å². The molecule has 1 aromatic rings. The zero-order valence-electron chi connectivity index (χ0n) is 17.3. The molecule has 0 aliphatic rings. The van der Waals surface area contributed by atoms with Crippen molar-refractivity contribution < 1.29 is 5.11 Å². The molecule has 1 aromatic carbocycles. The summed E-state index contributed by atoms with van der Waals surface area (Å²) >= 11 is 0. The highest BCUT2D eigenvalue weighted by atomic mass is 16.2. The molecule has 1 rings (SSSR count). The molecule has 140 valence electrons. The maximum Gasteiger partial charge on any atom is 0.0319 e. The second kappa shape index (κ2) is 37.4. The standard InChI is InChI=1S/C10H14.C6H15N.2C2H6.CH4O/c1-2-3-7-10-8-5-4-6-9-10;1-3-5-6-7-4-2;3*1-2/h4-6,8-9H,2-3,7H2,1H3;7H,3-6H2,1-2H3;2*1-2H3;2H,1H3. The first-order chi connectivity index (χ1) is 11.3. The molecule has 0 aliphatic heterocycles. The van der Waals surface area contributed by atoms with Crippen LogP contribution in [0, 0.1) is 0 Å². The Morgan fingerprint density at radius 3 is 1.65 bits per heavy atom. The van der Waals surface area contributed by atoms with Crippen LogP contribution in [-0.2, 0) is 6.42 Å². The molecule has 2 N–H and O–H groups in total. The van der Waals surface area contributed by atoms with Gasteiger partial charge in [-0.1, -0.05) is 91.6 Å². The summed E-state index contributed by atoms with van der Waals surface area (Å²) in [4.78, 5) is 0. The fraction of sp³-hybridized carbons (Fsp3) is 0.714. The normalized spacial score (nSPS) is 7.87. The zero-order chi connectivity index (χ0) is 18.8. The van der Waals surface area contributed by atoms with Crippen molar-refractivity contribution in [2.24, 2.45) is 0 Å². The van der Waals surface area contributed by atoms with Crippen molar-refractivity contribution >= 4 is 0 Å². The van der Waals surface area contributed by atoms with E-state index < -0.39 is 0 Å². The van der Waals surface area contributed by atoms with Crippen molar-refractivity contribution in [3.63, 3.8) is 0 Å². The summed E-state index contributed by atoms with van der Waals surface area (Å²) in [5.74, 6) is 0. The van der Waals surface area contributed by atoms with Crippen LogP contribution in [0.1, 0.15) is 79.7 Å². The highest BCUT2D eigenvalue weighted by Gasteiger charge is 1.87. The maximum absolute atomic E-state index is 7.00. The third-order valence-electron chi connectivity index (χ3n) is 2.62. The molecule has 0 aromatic heterocycles. The predicted octanol–water partition coefficient (Wildman–Crippen LogP) is 6.09. The van der Waals surface area contributed by atoms with Crippen molar-refractivity contribution in [3.05, 3.63) is 35.9 Å². The summed E-state index contributed by atoms with van der Waals surface area (Å²) in [6.45, 7) is 16.9. The van der Waals surface area contributed by atoms with Crippen molar-refractivity contribution in [3.8, 4) is 0 Å². The average Bonchev–Trinajstić information content (AvgIpc) is 2.67. The van der Waals surface area contributed by atoms with Crippen LogP contribution in [0.5, 0.6) is 0 Å². The van der Waals surface area contributed by atoms with E-state index in [1.165, 1.54) is 44.2 Å². The van der Waals surface area contributed by atoms with E-state index in [0.29, 0.717) is 0 Å². The molecule has 0 heterocycles. The van der Waals surface area contributed by atoms with Crippen molar-refractivity contribution in [2.45, 2.75) is 80.6 Å². The van der Waals surface area contributed by atoms with Crippen LogP contribution in [-0.4, -0.2) is 25.3 Å². The van der Waals surface area contributed by atoms with Gasteiger partial charge in [-0.05, 0) is 37.9 Å². The van der Waals surface area contributed by atoms with Crippen LogP contribution in [0.4, 0.5) is 0 Å². The number of hydrogen-bond acceptors (Lipinski definition) is 2. The first kappa shape index (κ1) is 30.1. The Labute approximate surface area is 147 Å². The molecule has 2 heteroatoms. The van der Waals surface area contributed by atoms with Gasteiger partial charge >= 0.3 is 0 Å². The third kappa shape index (κ3) is 33.8. The monoisotopic (exact) mass is 327 g/mol. The van der Waals surface area contributed by atoms with E-state index >= 15 is 0 Å². The smallest absolute Gasteiger partial charge is 0.0319 e. The number of benzene rings is 1. The van der Waals surface area contributed by atoms with Crippen LogP contribution in [0.3, 0.4) is 0 Å². The molecule has 0 unspecified atom stereocenters. The van der Waals surface area contributed by atoms with Crippen LogP contribution in [0.2, 0.25) is 0 Å². The summed E-state index contributed by atoms with van der Waals surface area (Å²) in [5.41, 5.74) is 1.46. The third-order valence-corrected chi connectivity index (χ3v) is 2.62. The molecule has 0 spiro atoms. The van der Waals surface area contributed by atoms with E-state index in [-0.39, 0.29) is 0 Å². The molecule has 23 heavy (non-hydrogen) atoms. The van der Waals surface area contributed by atoms with Crippen molar-refractivity contribution in [1.29, 1.82) is 0 Å². The Kier molecular flexibility index (Phi) is 48.9. The number of aliphatic hydroxyl groups is 1. The summed E-state index contributed by atoms with van der Waals surface area (Å²) in [5, 5.41) is 10.2. The number of rotatable bonds is 7. The zero-order valence-corrected chi connectivity index (χ0v) is 17.3. The van der Waals surface area contributed by atoms with Gasteiger partial charge in [0.1, 0.15) is 0 Å². The summed E-state index contributed by atoms with van der Waals surface area (Å²) < 4.78 is 0. The minimum atomic E-state index is 1.00. The van der Waals surface area contributed by atoms with Gasteiger partial charge in [0.25, 0.3) is 0 Å². The Hall–Kier alpha value is -0.860. The molecule has 0 atom stereocenters. The highest BCUT2D eigenvalue weighted by molar-refractivity contribution is 5.14. The summed E-state index contributed by atoms with van der Waals surface area (Å²) in [7, 11) is 1.00. The summed E-state index contributed by atoms with van der Waals surface area (Å²) in [6, 6.07) is 10.6. The van der Waals surface area contributed by atoms with Crippen LogP contribution < -0.4 is 5.32 Å². The van der Waals surface area contributed by atoms with Gasteiger partial charge in [-0.2, -0.15) is 0 Å². The lowest BCUT2D eigenvalue weighted by molar-refractivity contribution is 0.399. The first-order valence-corrected chi connectivity index (χ1v) is 9.54. The van der Waals surface area contributed by atoms with Crippen molar-refractivity contribution in [1.82, 2.24) is 5.32 Å². The van der Waals surface area contributed by atoms with Crippen LogP contribution in [0.25, 0.3) is 0 Å². The van der Waals surface area contributed by atoms with E-state index in [1.54, 1.807) is 0 Å². The Bertz CT molecular complexity index is 233. The molecule has 0 fully saturated rings. The molecule has 0 aliphatic carbocycles. The highest BCUT2D eigenvalue weighted by Crippen LogP contribution is 2.03.